The summed E-state index contributed by atoms with van der Waals surface area (Å²) in [6, 6.07) is 8.28. The van der Waals surface area contributed by atoms with E-state index >= 15 is 0 Å². The van der Waals surface area contributed by atoms with E-state index in [1.807, 2.05) is 30.3 Å². The molecule has 0 heterocycles. The lowest BCUT2D eigenvalue weighted by Crippen LogP contribution is -2.42. The summed E-state index contributed by atoms with van der Waals surface area (Å²) in [5.41, 5.74) is 0.889. The van der Waals surface area contributed by atoms with Gasteiger partial charge >= 0.3 is 5.97 Å². The number of carbonyl (C=O) groups excluding carboxylic acids is 2. The van der Waals surface area contributed by atoms with Crippen molar-refractivity contribution < 1.29 is 24.2 Å². The maximum absolute atomic E-state index is 11.7. The molecule has 0 aliphatic carbocycles. The van der Waals surface area contributed by atoms with Crippen LogP contribution in [0.3, 0.4) is 0 Å². The van der Waals surface area contributed by atoms with Gasteiger partial charge in [-0.15, -0.1) is 0 Å². The molecule has 1 atom stereocenters. The summed E-state index contributed by atoms with van der Waals surface area (Å²) in [7, 11) is 1.46. The summed E-state index contributed by atoms with van der Waals surface area (Å²) in [5, 5.41) is 14.0. The summed E-state index contributed by atoms with van der Waals surface area (Å²) in [4.78, 5) is 34.4. The molecule has 0 aliphatic rings. The van der Waals surface area contributed by atoms with Crippen LogP contribution >= 0.6 is 0 Å². The SMILES string of the molecule is COCCC(NC(=O)CCNC(=O)Cc1ccccc1)C(=O)O. The van der Waals surface area contributed by atoms with Crippen molar-refractivity contribution in [2.45, 2.75) is 25.3 Å². The van der Waals surface area contributed by atoms with Gasteiger partial charge in [0.05, 0.1) is 6.42 Å². The quantitative estimate of drug-likeness (QED) is 0.576. The number of benzene rings is 1. The largest absolute Gasteiger partial charge is 0.480 e. The molecular formula is C16H22N2O5. The highest BCUT2D eigenvalue weighted by molar-refractivity contribution is 5.84. The highest BCUT2D eigenvalue weighted by Gasteiger charge is 2.19. The second-order valence-corrected chi connectivity index (χ2v) is 5.00. The molecule has 0 aliphatic heterocycles. The fraction of sp³-hybridized carbons (Fsp3) is 0.438. The van der Waals surface area contributed by atoms with Gasteiger partial charge in [-0.3, -0.25) is 9.59 Å². The summed E-state index contributed by atoms with van der Waals surface area (Å²) >= 11 is 0. The van der Waals surface area contributed by atoms with Gasteiger partial charge in [-0.1, -0.05) is 30.3 Å². The first kappa shape index (κ1) is 18.6. The Labute approximate surface area is 135 Å². The zero-order valence-corrected chi connectivity index (χ0v) is 13.1. The molecule has 7 nitrogen and oxygen atoms in total. The lowest BCUT2D eigenvalue weighted by atomic mass is 10.1. The van der Waals surface area contributed by atoms with Crippen molar-refractivity contribution >= 4 is 17.8 Å². The van der Waals surface area contributed by atoms with Crippen LogP contribution in [0.4, 0.5) is 0 Å². The Kier molecular flexibility index (Phi) is 8.38. The monoisotopic (exact) mass is 322 g/mol. The first-order valence-electron chi connectivity index (χ1n) is 7.34. The Bertz CT molecular complexity index is 518. The number of hydrogen-bond acceptors (Lipinski definition) is 4. The van der Waals surface area contributed by atoms with Crippen LogP contribution in [0.25, 0.3) is 0 Å². The summed E-state index contributed by atoms with van der Waals surface area (Å²) in [6.45, 7) is 0.402. The van der Waals surface area contributed by atoms with Crippen molar-refractivity contribution in [1.82, 2.24) is 10.6 Å². The summed E-state index contributed by atoms with van der Waals surface area (Å²) in [5.74, 6) is -1.71. The Morgan fingerprint density at radius 2 is 1.87 bits per heavy atom. The molecule has 0 saturated heterocycles. The van der Waals surface area contributed by atoms with Crippen molar-refractivity contribution in [1.29, 1.82) is 0 Å². The van der Waals surface area contributed by atoms with Crippen molar-refractivity contribution in [3.63, 3.8) is 0 Å². The van der Waals surface area contributed by atoms with Gasteiger partial charge in [-0.2, -0.15) is 0 Å². The molecule has 0 spiro atoms. The van der Waals surface area contributed by atoms with Crippen molar-refractivity contribution in [3.05, 3.63) is 35.9 Å². The van der Waals surface area contributed by atoms with Crippen LogP contribution in [0.1, 0.15) is 18.4 Å². The van der Waals surface area contributed by atoms with Crippen LogP contribution in [-0.4, -0.2) is 49.2 Å². The first-order valence-corrected chi connectivity index (χ1v) is 7.34. The van der Waals surface area contributed by atoms with E-state index in [1.54, 1.807) is 0 Å². The van der Waals surface area contributed by atoms with Gasteiger partial charge in [0.1, 0.15) is 6.04 Å². The second-order valence-electron chi connectivity index (χ2n) is 5.00. The number of carbonyl (C=O) groups is 3. The lowest BCUT2D eigenvalue weighted by Gasteiger charge is -2.14. The fourth-order valence-corrected chi connectivity index (χ4v) is 1.92. The van der Waals surface area contributed by atoms with Gasteiger partial charge in [0.25, 0.3) is 0 Å². The van der Waals surface area contributed by atoms with Crippen molar-refractivity contribution in [2.24, 2.45) is 0 Å². The predicted octanol–water partition coefficient (Wildman–Crippen LogP) is 0.341. The first-order chi connectivity index (χ1) is 11.0. The van der Waals surface area contributed by atoms with Crippen LogP contribution in [0.15, 0.2) is 30.3 Å². The zero-order valence-electron chi connectivity index (χ0n) is 13.1. The summed E-state index contributed by atoms with van der Waals surface area (Å²) < 4.78 is 4.80. The van der Waals surface area contributed by atoms with Crippen molar-refractivity contribution in [2.75, 3.05) is 20.3 Å². The van der Waals surface area contributed by atoms with E-state index in [1.165, 1.54) is 7.11 Å². The third kappa shape index (κ3) is 7.96. The molecular weight excluding hydrogens is 300 g/mol. The zero-order chi connectivity index (χ0) is 17.1. The molecule has 23 heavy (non-hydrogen) atoms. The van der Waals surface area contributed by atoms with E-state index in [-0.39, 0.29) is 38.3 Å². The number of nitrogens with one attached hydrogen (secondary N) is 2. The smallest absolute Gasteiger partial charge is 0.326 e. The molecule has 7 heteroatoms. The van der Waals surface area contributed by atoms with Crippen LogP contribution in [0, 0.1) is 0 Å². The number of aliphatic carboxylic acids is 1. The molecule has 0 aromatic heterocycles. The Hall–Kier alpha value is -2.41. The molecule has 126 valence electrons. The van der Waals surface area contributed by atoms with Gasteiger partial charge in [0.2, 0.25) is 11.8 Å². The molecule has 1 aromatic carbocycles. The van der Waals surface area contributed by atoms with Crippen LogP contribution in [0.5, 0.6) is 0 Å². The highest BCUT2D eigenvalue weighted by Crippen LogP contribution is 1.99. The molecule has 1 rings (SSSR count). The topological polar surface area (TPSA) is 105 Å². The van der Waals surface area contributed by atoms with Gasteiger partial charge in [0.15, 0.2) is 0 Å². The van der Waals surface area contributed by atoms with E-state index in [2.05, 4.69) is 10.6 Å². The number of methoxy groups -OCH3 is 1. The standard InChI is InChI=1S/C16H22N2O5/c1-23-10-8-13(16(21)22)18-14(19)7-9-17-15(20)11-12-5-3-2-4-6-12/h2-6,13H,7-11H2,1H3,(H,17,20)(H,18,19)(H,21,22). The minimum Gasteiger partial charge on any atom is -0.480 e. The maximum atomic E-state index is 11.7. The number of amides is 2. The average molecular weight is 322 g/mol. The third-order valence-corrected chi connectivity index (χ3v) is 3.13. The number of rotatable bonds is 10. The van der Waals surface area contributed by atoms with Crippen LogP contribution < -0.4 is 10.6 Å². The predicted molar refractivity (Wildman–Crippen MR) is 83.8 cm³/mol. The number of hydrogen-bond donors (Lipinski definition) is 3. The van der Waals surface area contributed by atoms with Crippen LogP contribution in [-0.2, 0) is 25.5 Å². The Morgan fingerprint density at radius 3 is 2.48 bits per heavy atom. The van der Waals surface area contributed by atoms with Gasteiger partial charge in [-0.25, -0.2) is 4.79 Å². The normalized spacial score (nSPS) is 11.5. The van der Waals surface area contributed by atoms with Gasteiger partial charge in [-0.05, 0) is 5.56 Å². The molecule has 3 N–H and O–H groups in total. The van der Waals surface area contributed by atoms with E-state index in [9.17, 15) is 14.4 Å². The second kappa shape index (κ2) is 10.3. The number of carboxylic acid groups (broad SMARTS) is 1. The average Bonchev–Trinajstić information content (AvgIpc) is 2.52. The highest BCUT2D eigenvalue weighted by atomic mass is 16.5. The van der Waals surface area contributed by atoms with E-state index < -0.39 is 17.9 Å². The van der Waals surface area contributed by atoms with E-state index in [4.69, 9.17) is 9.84 Å². The third-order valence-electron chi connectivity index (χ3n) is 3.13. The molecule has 0 fully saturated rings. The molecule has 0 bridgehead atoms. The van der Waals surface area contributed by atoms with Gasteiger partial charge in [0, 0.05) is 33.1 Å². The molecule has 1 unspecified atom stereocenters. The number of carboxylic acids is 1. The minimum atomic E-state index is -1.11. The molecule has 2 amide bonds. The van der Waals surface area contributed by atoms with E-state index in [0.29, 0.717) is 0 Å². The minimum absolute atomic E-state index is 0.0251. The maximum Gasteiger partial charge on any atom is 0.326 e. The Balaban J connectivity index is 2.27. The summed E-state index contributed by atoms with van der Waals surface area (Å²) in [6.07, 6.45) is 0.462. The lowest BCUT2D eigenvalue weighted by molar-refractivity contribution is -0.142. The molecule has 0 saturated carbocycles. The van der Waals surface area contributed by atoms with Gasteiger partial charge < -0.3 is 20.5 Å². The molecule has 0 radical (unpaired) electrons. The Morgan fingerprint density at radius 1 is 1.17 bits per heavy atom. The van der Waals surface area contributed by atoms with Crippen LogP contribution in [0.2, 0.25) is 0 Å². The number of ether oxygens (including phenoxy) is 1. The molecule has 1 aromatic rings. The van der Waals surface area contributed by atoms with Crippen molar-refractivity contribution in [3.8, 4) is 0 Å². The van der Waals surface area contributed by atoms with E-state index in [0.717, 1.165) is 5.56 Å². The fourth-order valence-electron chi connectivity index (χ4n) is 1.92.